The van der Waals surface area contributed by atoms with Crippen LogP contribution in [0, 0.1) is 17.8 Å². The number of fused-ring (bicyclic) bond motifs is 2. The van der Waals surface area contributed by atoms with E-state index in [1.165, 1.54) is 26.4 Å². The van der Waals surface area contributed by atoms with E-state index < -0.39 is 18.4 Å². The number of rotatable bonds is 6. The highest BCUT2D eigenvalue weighted by molar-refractivity contribution is 6.06. The van der Waals surface area contributed by atoms with E-state index in [1.54, 1.807) is 24.3 Å². The van der Waals surface area contributed by atoms with Gasteiger partial charge in [0.25, 0.3) is 11.8 Å². The number of hydrogen-bond donors (Lipinski definition) is 1. The fourth-order valence-electron chi connectivity index (χ4n) is 4.11. The van der Waals surface area contributed by atoms with E-state index in [9.17, 15) is 14.4 Å². The Labute approximate surface area is 146 Å². The molecule has 0 radical (unpaired) electrons. The summed E-state index contributed by atoms with van der Waals surface area (Å²) in [7, 11) is 1.45. The maximum atomic E-state index is 12.1. The molecule has 134 valence electrons. The van der Waals surface area contributed by atoms with Gasteiger partial charge in [-0.3, -0.25) is 19.7 Å². The summed E-state index contributed by atoms with van der Waals surface area (Å²) in [6.45, 7) is -0.444. The molecule has 6 heteroatoms. The van der Waals surface area contributed by atoms with Gasteiger partial charge in [0.2, 0.25) is 0 Å². The molecule has 1 aromatic carbocycles. The van der Waals surface area contributed by atoms with Crippen LogP contribution in [-0.4, -0.2) is 31.5 Å². The van der Waals surface area contributed by atoms with Crippen LogP contribution in [-0.2, 0) is 14.3 Å². The summed E-state index contributed by atoms with van der Waals surface area (Å²) in [5.41, 5.74) is 0.256. The first-order chi connectivity index (χ1) is 12.1. The standard InChI is InChI=1S/C19H23NO5/c1-24-16-5-3-2-4-15(16)19(23)20-17(21)11-25-18(22)10-14-9-12-6-7-13(14)8-12/h2-5,12-14H,6-11H2,1H3,(H,20,21,23)/t12-,13-,14+/m1/s1. The number of nitrogens with one attached hydrogen (secondary N) is 1. The first-order valence-corrected chi connectivity index (χ1v) is 8.69. The molecule has 1 aromatic rings. The highest BCUT2D eigenvalue weighted by Crippen LogP contribution is 2.49. The fraction of sp³-hybridized carbons (Fsp3) is 0.526. The van der Waals surface area contributed by atoms with Crippen molar-refractivity contribution in [1.82, 2.24) is 5.32 Å². The molecule has 2 amide bonds. The summed E-state index contributed by atoms with van der Waals surface area (Å²) >= 11 is 0. The predicted octanol–water partition coefficient (Wildman–Crippen LogP) is 2.32. The van der Waals surface area contributed by atoms with Crippen molar-refractivity contribution < 1.29 is 23.9 Å². The summed E-state index contributed by atoms with van der Waals surface area (Å²) in [5, 5.41) is 2.21. The second-order valence-corrected chi connectivity index (χ2v) is 6.88. The van der Waals surface area contributed by atoms with Gasteiger partial charge in [0.15, 0.2) is 6.61 Å². The average molecular weight is 345 g/mol. The normalized spacial score (nSPS) is 24.0. The summed E-state index contributed by atoms with van der Waals surface area (Å²) in [4.78, 5) is 35.9. The molecule has 25 heavy (non-hydrogen) atoms. The zero-order valence-corrected chi connectivity index (χ0v) is 14.3. The third kappa shape index (κ3) is 4.18. The number of amides is 2. The van der Waals surface area contributed by atoms with Crippen molar-refractivity contribution in [3.05, 3.63) is 29.8 Å². The van der Waals surface area contributed by atoms with Crippen LogP contribution in [0.25, 0.3) is 0 Å². The predicted molar refractivity (Wildman–Crippen MR) is 90.0 cm³/mol. The highest BCUT2D eigenvalue weighted by Gasteiger charge is 2.40. The van der Waals surface area contributed by atoms with E-state index in [-0.39, 0.29) is 11.5 Å². The molecule has 0 spiro atoms. The molecule has 2 fully saturated rings. The zero-order valence-electron chi connectivity index (χ0n) is 14.3. The lowest BCUT2D eigenvalue weighted by Gasteiger charge is -2.20. The Morgan fingerprint density at radius 1 is 1.16 bits per heavy atom. The van der Waals surface area contributed by atoms with Crippen molar-refractivity contribution in [2.45, 2.75) is 32.1 Å². The number of benzene rings is 1. The number of imide groups is 1. The van der Waals surface area contributed by atoms with Crippen LogP contribution in [0.15, 0.2) is 24.3 Å². The number of ether oxygens (including phenoxy) is 2. The first kappa shape index (κ1) is 17.5. The van der Waals surface area contributed by atoms with Gasteiger partial charge in [0.1, 0.15) is 5.75 Å². The first-order valence-electron chi connectivity index (χ1n) is 8.69. The molecule has 0 aromatic heterocycles. The smallest absolute Gasteiger partial charge is 0.306 e. The van der Waals surface area contributed by atoms with E-state index in [0.717, 1.165) is 12.3 Å². The Balaban J connectivity index is 1.43. The van der Waals surface area contributed by atoms with Gasteiger partial charge in [-0.2, -0.15) is 0 Å². The van der Waals surface area contributed by atoms with Crippen molar-refractivity contribution in [3.8, 4) is 5.75 Å². The van der Waals surface area contributed by atoms with Crippen LogP contribution in [0.3, 0.4) is 0 Å². The van der Waals surface area contributed by atoms with Crippen molar-refractivity contribution in [2.75, 3.05) is 13.7 Å². The lowest BCUT2D eigenvalue weighted by molar-refractivity contribution is -0.149. The Hall–Kier alpha value is -2.37. The van der Waals surface area contributed by atoms with Gasteiger partial charge in [0.05, 0.1) is 12.7 Å². The summed E-state index contributed by atoms with van der Waals surface area (Å²) in [6.07, 6.45) is 5.18. The van der Waals surface area contributed by atoms with Gasteiger partial charge < -0.3 is 9.47 Å². The molecule has 3 atom stereocenters. The molecule has 0 saturated heterocycles. The third-order valence-electron chi connectivity index (χ3n) is 5.28. The van der Waals surface area contributed by atoms with Gasteiger partial charge in [-0.1, -0.05) is 18.6 Å². The number of carbonyl (C=O) groups excluding carboxylic acids is 3. The molecule has 0 aliphatic heterocycles. The van der Waals surface area contributed by atoms with Crippen LogP contribution < -0.4 is 10.1 Å². The Morgan fingerprint density at radius 2 is 1.96 bits per heavy atom. The number of carbonyl (C=O) groups is 3. The lowest BCUT2D eigenvalue weighted by atomic mass is 9.86. The van der Waals surface area contributed by atoms with Crippen LogP contribution in [0.1, 0.15) is 42.5 Å². The number of esters is 1. The van der Waals surface area contributed by atoms with Gasteiger partial charge in [-0.25, -0.2) is 0 Å². The number of hydrogen-bond acceptors (Lipinski definition) is 5. The fourth-order valence-corrected chi connectivity index (χ4v) is 4.11. The second kappa shape index (κ2) is 7.68. The molecule has 2 aliphatic carbocycles. The van der Waals surface area contributed by atoms with E-state index in [2.05, 4.69) is 5.32 Å². The molecule has 2 saturated carbocycles. The SMILES string of the molecule is COc1ccccc1C(=O)NC(=O)COC(=O)C[C@@H]1C[C@@H]2CC[C@@H]1C2. The Bertz CT molecular complexity index is 672. The van der Waals surface area contributed by atoms with E-state index in [1.807, 2.05) is 0 Å². The average Bonchev–Trinajstić information content (AvgIpc) is 3.22. The molecular weight excluding hydrogens is 322 g/mol. The zero-order chi connectivity index (χ0) is 17.8. The van der Waals surface area contributed by atoms with E-state index >= 15 is 0 Å². The minimum Gasteiger partial charge on any atom is -0.496 e. The van der Waals surface area contributed by atoms with Crippen molar-refractivity contribution in [1.29, 1.82) is 0 Å². The van der Waals surface area contributed by atoms with Crippen molar-refractivity contribution in [3.63, 3.8) is 0 Å². The number of para-hydroxylation sites is 1. The minimum absolute atomic E-state index is 0.256. The Kier molecular flexibility index (Phi) is 5.36. The van der Waals surface area contributed by atoms with E-state index in [4.69, 9.17) is 9.47 Å². The maximum Gasteiger partial charge on any atom is 0.306 e. The minimum atomic E-state index is -0.641. The topological polar surface area (TPSA) is 81.7 Å². The van der Waals surface area contributed by atoms with Crippen molar-refractivity contribution in [2.24, 2.45) is 17.8 Å². The van der Waals surface area contributed by atoms with Crippen LogP contribution in [0.5, 0.6) is 5.75 Å². The van der Waals surface area contributed by atoms with Crippen molar-refractivity contribution >= 4 is 17.8 Å². The molecule has 0 unspecified atom stereocenters. The maximum absolute atomic E-state index is 12.1. The molecule has 2 aliphatic rings. The van der Waals surface area contributed by atoms with Crippen LogP contribution in [0.2, 0.25) is 0 Å². The van der Waals surface area contributed by atoms with E-state index in [0.29, 0.717) is 24.0 Å². The molecule has 1 N–H and O–H groups in total. The van der Waals surface area contributed by atoms with Crippen LogP contribution >= 0.6 is 0 Å². The second-order valence-electron chi connectivity index (χ2n) is 6.88. The molecular formula is C19H23NO5. The largest absolute Gasteiger partial charge is 0.496 e. The molecule has 3 rings (SSSR count). The van der Waals surface area contributed by atoms with Gasteiger partial charge >= 0.3 is 5.97 Å². The molecule has 2 bridgehead atoms. The monoisotopic (exact) mass is 345 g/mol. The summed E-state index contributed by atoms with van der Waals surface area (Å²) in [6, 6.07) is 6.60. The van der Waals surface area contributed by atoms with Gasteiger partial charge in [-0.15, -0.1) is 0 Å². The highest BCUT2D eigenvalue weighted by atomic mass is 16.5. The van der Waals surface area contributed by atoms with Crippen LogP contribution in [0.4, 0.5) is 0 Å². The summed E-state index contributed by atoms with van der Waals surface area (Å²) < 4.78 is 10.1. The molecule has 6 nitrogen and oxygen atoms in total. The lowest BCUT2D eigenvalue weighted by Crippen LogP contribution is -2.34. The quantitative estimate of drug-likeness (QED) is 0.800. The third-order valence-corrected chi connectivity index (χ3v) is 5.28. The van der Waals surface area contributed by atoms with Gasteiger partial charge in [0, 0.05) is 6.42 Å². The molecule has 0 heterocycles. The Morgan fingerprint density at radius 3 is 2.64 bits per heavy atom. The van der Waals surface area contributed by atoms with Gasteiger partial charge in [-0.05, 0) is 49.1 Å². The number of methoxy groups -OCH3 is 1. The summed E-state index contributed by atoms with van der Waals surface area (Å²) in [5.74, 6) is 0.593.